The van der Waals surface area contributed by atoms with E-state index in [0.29, 0.717) is 5.56 Å². The van der Waals surface area contributed by atoms with Gasteiger partial charge in [0.15, 0.2) is 0 Å². The first-order valence-corrected chi connectivity index (χ1v) is 5.49. The molecule has 2 rings (SSSR count). The standard InChI is InChI=1S/C13H15NO2/c15-13(16)12-5-3-10(4-6-12)8-11-2-1-7-14-9-11/h3-6,8,14H,1-2,7,9H2,(H,15,16)/b11-8-. The van der Waals surface area contributed by atoms with Crippen LogP contribution in [0.2, 0.25) is 0 Å². The lowest BCUT2D eigenvalue weighted by Gasteiger charge is -2.15. The Labute approximate surface area is 94.8 Å². The van der Waals surface area contributed by atoms with Crippen molar-refractivity contribution in [1.82, 2.24) is 5.32 Å². The Morgan fingerprint density at radius 3 is 2.62 bits per heavy atom. The number of carboxylic acid groups (broad SMARTS) is 1. The van der Waals surface area contributed by atoms with Crippen molar-refractivity contribution < 1.29 is 9.90 Å². The molecule has 0 spiro atoms. The monoisotopic (exact) mass is 217 g/mol. The van der Waals surface area contributed by atoms with Gasteiger partial charge >= 0.3 is 5.97 Å². The van der Waals surface area contributed by atoms with Crippen LogP contribution in [-0.4, -0.2) is 24.2 Å². The molecule has 0 aromatic heterocycles. The lowest BCUT2D eigenvalue weighted by molar-refractivity contribution is 0.0697. The van der Waals surface area contributed by atoms with Gasteiger partial charge in [-0.2, -0.15) is 0 Å². The molecular weight excluding hydrogens is 202 g/mol. The topological polar surface area (TPSA) is 49.3 Å². The lowest BCUT2D eigenvalue weighted by Crippen LogP contribution is -2.23. The van der Waals surface area contributed by atoms with Crippen molar-refractivity contribution in [2.45, 2.75) is 12.8 Å². The zero-order chi connectivity index (χ0) is 11.4. The predicted octanol–water partition coefficient (Wildman–Crippen LogP) is 2.15. The third-order valence-corrected chi connectivity index (χ3v) is 2.73. The zero-order valence-corrected chi connectivity index (χ0v) is 9.07. The van der Waals surface area contributed by atoms with Crippen LogP contribution in [0.1, 0.15) is 28.8 Å². The Bertz CT molecular complexity index is 398. The van der Waals surface area contributed by atoms with Crippen molar-refractivity contribution in [2.24, 2.45) is 0 Å². The molecule has 1 aliphatic heterocycles. The highest BCUT2D eigenvalue weighted by molar-refractivity contribution is 5.87. The van der Waals surface area contributed by atoms with E-state index in [0.717, 1.165) is 25.1 Å². The summed E-state index contributed by atoms with van der Waals surface area (Å²) in [6, 6.07) is 6.99. The third-order valence-electron chi connectivity index (χ3n) is 2.73. The molecule has 16 heavy (non-hydrogen) atoms. The minimum absolute atomic E-state index is 0.337. The summed E-state index contributed by atoms with van der Waals surface area (Å²) in [5, 5.41) is 12.1. The van der Waals surface area contributed by atoms with E-state index in [4.69, 9.17) is 5.11 Å². The third kappa shape index (κ3) is 2.70. The van der Waals surface area contributed by atoms with Gasteiger partial charge in [-0.15, -0.1) is 0 Å². The van der Waals surface area contributed by atoms with Crippen LogP contribution in [0.5, 0.6) is 0 Å². The number of hydrogen-bond donors (Lipinski definition) is 2. The summed E-state index contributed by atoms with van der Waals surface area (Å²) in [5.74, 6) is -0.876. The molecule has 0 aliphatic carbocycles. The number of carbonyl (C=O) groups is 1. The highest BCUT2D eigenvalue weighted by Gasteiger charge is 2.05. The summed E-state index contributed by atoms with van der Waals surface area (Å²) in [6.07, 6.45) is 4.45. The molecule has 1 heterocycles. The van der Waals surface area contributed by atoms with Gasteiger partial charge in [-0.3, -0.25) is 0 Å². The lowest BCUT2D eigenvalue weighted by atomic mass is 10.0. The Morgan fingerprint density at radius 2 is 2.06 bits per heavy atom. The van der Waals surface area contributed by atoms with Crippen LogP contribution in [-0.2, 0) is 0 Å². The Morgan fingerprint density at radius 1 is 1.31 bits per heavy atom. The molecule has 0 unspecified atom stereocenters. The van der Waals surface area contributed by atoms with E-state index in [1.165, 1.54) is 12.0 Å². The fourth-order valence-corrected chi connectivity index (χ4v) is 1.86. The summed E-state index contributed by atoms with van der Waals surface area (Å²) in [7, 11) is 0. The van der Waals surface area contributed by atoms with Crippen molar-refractivity contribution in [2.75, 3.05) is 13.1 Å². The van der Waals surface area contributed by atoms with Gasteiger partial charge in [0, 0.05) is 6.54 Å². The molecule has 1 saturated heterocycles. The van der Waals surface area contributed by atoms with E-state index in [9.17, 15) is 4.79 Å². The van der Waals surface area contributed by atoms with Crippen LogP contribution in [0.25, 0.3) is 6.08 Å². The van der Waals surface area contributed by atoms with Crippen LogP contribution in [0.15, 0.2) is 29.8 Å². The molecule has 0 amide bonds. The number of piperidine rings is 1. The van der Waals surface area contributed by atoms with Gasteiger partial charge in [0.2, 0.25) is 0 Å². The first kappa shape index (κ1) is 10.9. The highest BCUT2D eigenvalue weighted by Crippen LogP contribution is 2.14. The van der Waals surface area contributed by atoms with Gasteiger partial charge in [0.25, 0.3) is 0 Å². The average Bonchev–Trinajstić information content (AvgIpc) is 2.31. The maximum Gasteiger partial charge on any atom is 0.335 e. The van der Waals surface area contributed by atoms with Crippen molar-refractivity contribution >= 4 is 12.0 Å². The van der Waals surface area contributed by atoms with E-state index in [2.05, 4.69) is 11.4 Å². The van der Waals surface area contributed by atoms with Crippen molar-refractivity contribution in [1.29, 1.82) is 0 Å². The summed E-state index contributed by atoms with van der Waals surface area (Å²) < 4.78 is 0. The van der Waals surface area contributed by atoms with Crippen LogP contribution in [0.4, 0.5) is 0 Å². The molecule has 0 radical (unpaired) electrons. The van der Waals surface area contributed by atoms with Crippen molar-refractivity contribution in [3.8, 4) is 0 Å². The van der Waals surface area contributed by atoms with E-state index < -0.39 is 5.97 Å². The van der Waals surface area contributed by atoms with Gasteiger partial charge in [-0.05, 0) is 37.1 Å². The van der Waals surface area contributed by atoms with E-state index in [1.807, 2.05) is 12.1 Å². The minimum atomic E-state index is -0.876. The first-order valence-electron chi connectivity index (χ1n) is 5.49. The molecule has 3 nitrogen and oxygen atoms in total. The Balaban J connectivity index is 2.12. The summed E-state index contributed by atoms with van der Waals surface area (Å²) in [4.78, 5) is 10.7. The molecule has 0 atom stereocenters. The largest absolute Gasteiger partial charge is 0.478 e. The number of rotatable bonds is 2. The number of hydrogen-bond acceptors (Lipinski definition) is 2. The van der Waals surface area contributed by atoms with E-state index in [1.54, 1.807) is 12.1 Å². The zero-order valence-electron chi connectivity index (χ0n) is 9.07. The summed E-state index contributed by atoms with van der Waals surface area (Å²) in [6.45, 7) is 2.04. The maximum atomic E-state index is 10.7. The second-order valence-electron chi connectivity index (χ2n) is 4.01. The average molecular weight is 217 g/mol. The minimum Gasteiger partial charge on any atom is -0.478 e. The molecule has 1 aromatic carbocycles. The van der Waals surface area contributed by atoms with Crippen LogP contribution in [0, 0.1) is 0 Å². The fraction of sp³-hybridized carbons (Fsp3) is 0.308. The Hall–Kier alpha value is -1.61. The molecule has 1 aromatic rings. The molecule has 1 aliphatic rings. The van der Waals surface area contributed by atoms with E-state index in [-0.39, 0.29) is 0 Å². The molecule has 0 bridgehead atoms. The van der Waals surface area contributed by atoms with Crippen LogP contribution >= 0.6 is 0 Å². The van der Waals surface area contributed by atoms with Gasteiger partial charge in [-0.25, -0.2) is 4.79 Å². The number of benzene rings is 1. The van der Waals surface area contributed by atoms with Crippen LogP contribution in [0.3, 0.4) is 0 Å². The quantitative estimate of drug-likeness (QED) is 0.798. The number of aromatic carboxylic acids is 1. The molecular formula is C13H15NO2. The molecule has 3 heteroatoms. The van der Waals surface area contributed by atoms with Crippen LogP contribution < -0.4 is 5.32 Å². The fourth-order valence-electron chi connectivity index (χ4n) is 1.86. The van der Waals surface area contributed by atoms with Gasteiger partial charge < -0.3 is 10.4 Å². The van der Waals surface area contributed by atoms with Gasteiger partial charge in [0.1, 0.15) is 0 Å². The first-order chi connectivity index (χ1) is 7.75. The number of carboxylic acids is 1. The van der Waals surface area contributed by atoms with Crippen molar-refractivity contribution in [3.05, 3.63) is 41.0 Å². The van der Waals surface area contributed by atoms with Gasteiger partial charge in [-0.1, -0.05) is 23.8 Å². The van der Waals surface area contributed by atoms with E-state index >= 15 is 0 Å². The molecule has 2 N–H and O–H groups in total. The maximum absolute atomic E-state index is 10.7. The second kappa shape index (κ2) is 4.94. The highest BCUT2D eigenvalue weighted by atomic mass is 16.4. The SMILES string of the molecule is O=C(O)c1ccc(/C=C2/CCCNC2)cc1. The second-order valence-corrected chi connectivity index (χ2v) is 4.01. The van der Waals surface area contributed by atoms with Crippen molar-refractivity contribution in [3.63, 3.8) is 0 Å². The van der Waals surface area contributed by atoms with Gasteiger partial charge in [0.05, 0.1) is 5.56 Å². The molecule has 84 valence electrons. The smallest absolute Gasteiger partial charge is 0.335 e. The number of nitrogens with one attached hydrogen (secondary N) is 1. The predicted molar refractivity (Wildman–Crippen MR) is 63.5 cm³/mol. The Kier molecular flexibility index (Phi) is 3.37. The molecule has 1 fully saturated rings. The molecule has 0 saturated carbocycles. The summed E-state index contributed by atoms with van der Waals surface area (Å²) in [5.41, 5.74) is 2.79. The normalized spacial score (nSPS) is 18.6. The summed E-state index contributed by atoms with van der Waals surface area (Å²) >= 11 is 0.